The topological polar surface area (TPSA) is 105 Å². The second-order valence-corrected chi connectivity index (χ2v) is 9.41. The molecular formula is C23H24FN5O3S. The predicted octanol–water partition coefficient (Wildman–Crippen LogP) is 3.82. The van der Waals surface area contributed by atoms with E-state index in [9.17, 15) is 17.6 Å². The Balaban J connectivity index is 1.47. The highest BCUT2D eigenvalue weighted by atomic mass is 32.2. The zero-order chi connectivity index (χ0) is 23.4. The van der Waals surface area contributed by atoms with Gasteiger partial charge in [-0.25, -0.2) is 17.5 Å². The van der Waals surface area contributed by atoms with E-state index in [1.165, 1.54) is 41.2 Å². The summed E-state index contributed by atoms with van der Waals surface area (Å²) in [4.78, 5) is 17.1. The summed E-state index contributed by atoms with van der Waals surface area (Å²) in [6, 6.07) is 12.0. The minimum absolute atomic E-state index is 0.0796. The molecule has 2 N–H and O–H groups in total. The highest BCUT2D eigenvalue weighted by Gasteiger charge is 2.19. The van der Waals surface area contributed by atoms with Crippen molar-refractivity contribution in [1.82, 2.24) is 14.5 Å². The Morgan fingerprint density at radius 2 is 1.82 bits per heavy atom. The molecule has 0 radical (unpaired) electrons. The number of amides is 1. The smallest absolute Gasteiger partial charge is 0.262 e. The number of nitrogens with one attached hydrogen (secondary N) is 2. The molecule has 1 aromatic heterocycles. The molecule has 2 heterocycles. The maximum absolute atomic E-state index is 14.1. The number of hydrogen-bond acceptors (Lipinski definition) is 5. The summed E-state index contributed by atoms with van der Waals surface area (Å²) in [5.74, 6) is -0.403. The number of hydrogen-bond donors (Lipinski definition) is 2. The average molecular weight is 470 g/mol. The summed E-state index contributed by atoms with van der Waals surface area (Å²) < 4.78 is 43.3. The summed E-state index contributed by atoms with van der Waals surface area (Å²) in [6.45, 7) is 2.29. The van der Waals surface area contributed by atoms with Crippen LogP contribution in [0.25, 0.3) is 5.69 Å². The monoisotopic (exact) mass is 469 g/mol. The lowest BCUT2D eigenvalue weighted by atomic mass is 10.2. The standard InChI is InChI=1S/C23H24FN5O3S/c1-16-19(15-26-29(16)21-8-5-4-7-20(21)24)23(30)27-17-10-12-18(13-11-17)33(31,32)28-22-9-3-2-6-14-25-22/h4-5,7-8,10-13,15H,2-3,6,9,14H2,1H3,(H,25,28)(H,27,30). The Labute approximate surface area is 191 Å². The van der Waals surface area contributed by atoms with E-state index in [1.807, 2.05) is 0 Å². The largest absolute Gasteiger partial charge is 0.322 e. The van der Waals surface area contributed by atoms with Crippen molar-refractivity contribution in [3.05, 3.63) is 71.8 Å². The van der Waals surface area contributed by atoms with E-state index in [1.54, 1.807) is 25.1 Å². The molecule has 172 valence electrons. The number of para-hydroxylation sites is 1. The number of halogens is 1. The molecule has 0 spiro atoms. The van der Waals surface area contributed by atoms with Crippen LogP contribution in [0.4, 0.5) is 10.1 Å². The first-order chi connectivity index (χ1) is 15.8. The lowest BCUT2D eigenvalue weighted by molar-refractivity contribution is 0.102. The number of carbonyl (C=O) groups excluding carboxylic acids is 1. The van der Waals surface area contributed by atoms with Gasteiger partial charge in [0.15, 0.2) is 0 Å². The first-order valence-electron chi connectivity index (χ1n) is 10.6. The third kappa shape index (κ3) is 5.11. The Morgan fingerprint density at radius 1 is 1.06 bits per heavy atom. The maximum Gasteiger partial charge on any atom is 0.262 e. The fourth-order valence-electron chi connectivity index (χ4n) is 3.59. The van der Waals surface area contributed by atoms with Crippen LogP contribution in [-0.4, -0.2) is 36.5 Å². The molecule has 1 aliphatic heterocycles. The highest BCUT2D eigenvalue weighted by molar-refractivity contribution is 7.90. The predicted molar refractivity (Wildman–Crippen MR) is 124 cm³/mol. The first kappa shape index (κ1) is 22.7. The average Bonchev–Trinajstić information content (AvgIpc) is 2.99. The number of rotatable bonds is 5. The van der Waals surface area contributed by atoms with Crippen molar-refractivity contribution in [3.8, 4) is 5.69 Å². The number of nitrogens with zero attached hydrogens (tertiary/aromatic N) is 3. The van der Waals surface area contributed by atoms with Crippen LogP contribution in [0, 0.1) is 12.7 Å². The summed E-state index contributed by atoms with van der Waals surface area (Å²) in [6.07, 6.45) is 4.86. The van der Waals surface area contributed by atoms with Crippen LogP contribution in [0.1, 0.15) is 41.7 Å². The normalized spacial score (nSPS) is 14.3. The van der Waals surface area contributed by atoms with Gasteiger partial charge in [0.25, 0.3) is 15.9 Å². The van der Waals surface area contributed by atoms with Gasteiger partial charge in [-0.15, -0.1) is 0 Å². The molecule has 0 unspecified atom stereocenters. The molecular weight excluding hydrogens is 445 g/mol. The Morgan fingerprint density at radius 3 is 2.58 bits per heavy atom. The molecule has 4 rings (SSSR count). The van der Waals surface area contributed by atoms with Gasteiger partial charge in [0.2, 0.25) is 0 Å². The molecule has 10 heteroatoms. The SMILES string of the molecule is Cc1c(C(=O)Nc2ccc(S(=O)(=O)NC3=NCCCCC3)cc2)cnn1-c1ccccc1F. The molecule has 8 nitrogen and oxygen atoms in total. The van der Waals surface area contributed by atoms with E-state index in [2.05, 4.69) is 20.1 Å². The Hall–Kier alpha value is -3.53. The maximum atomic E-state index is 14.1. The zero-order valence-corrected chi connectivity index (χ0v) is 18.9. The molecule has 0 atom stereocenters. The van der Waals surface area contributed by atoms with Gasteiger partial charge in [-0.2, -0.15) is 5.10 Å². The fourth-order valence-corrected chi connectivity index (χ4v) is 4.68. The van der Waals surface area contributed by atoms with Gasteiger partial charge in [0, 0.05) is 18.7 Å². The van der Waals surface area contributed by atoms with Crippen LogP contribution in [0.5, 0.6) is 0 Å². The Kier molecular flexibility index (Phi) is 6.55. The van der Waals surface area contributed by atoms with Crippen molar-refractivity contribution in [2.45, 2.75) is 37.5 Å². The molecule has 0 saturated carbocycles. The van der Waals surface area contributed by atoms with Crippen molar-refractivity contribution < 1.29 is 17.6 Å². The van der Waals surface area contributed by atoms with E-state index in [-0.39, 0.29) is 16.1 Å². The number of amidine groups is 1. The summed E-state index contributed by atoms with van der Waals surface area (Å²) in [5, 5.41) is 6.86. The molecule has 1 aliphatic rings. The van der Waals surface area contributed by atoms with Gasteiger partial charge in [-0.1, -0.05) is 18.6 Å². The molecule has 3 aromatic rings. The molecule has 1 amide bonds. The van der Waals surface area contributed by atoms with Crippen LogP contribution in [-0.2, 0) is 10.0 Å². The van der Waals surface area contributed by atoms with E-state index < -0.39 is 21.7 Å². The molecule has 0 bridgehead atoms. The molecule has 33 heavy (non-hydrogen) atoms. The number of aliphatic imine (C=N–C) groups is 1. The van der Waals surface area contributed by atoms with Gasteiger partial charge in [0.05, 0.1) is 22.3 Å². The molecule has 0 fully saturated rings. The van der Waals surface area contributed by atoms with Crippen molar-refractivity contribution >= 4 is 27.5 Å². The second-order valence-electron chi connectivity index (χ2n) is 7.73. The summed E-state index contributed by atoms with van der Waals surface area (Å²) >= 11 is 0. The van der Waals surface area contributed by atoms with Crippen LogP contribution >= 0.6 is 0 Å². The van der Waals surface area contributed by atoms with E-state index in [0.29, 0.717) is 30.2 Å². The zero-order valence-electron chi connectivity index (χ0n) is 18.1. The van der Waals surface area contributed by atoms with E-state index >= 15 is 0 Å². The van der Waals surface area contributed by atoms with Crippen LogP contribution in [0.2, 0.25) is 0 Å². The van der Waals surface area contributed by atoms with E-state index in [0.717, 1.165) is 19.3 Å². The summed E-state index contributed by atoms with van der Waals surface area (Å²) in [7, 11) is -3.75. The van der Waals surface area contributed by atoms with Crippen molar-refractivity contribution in [2.75, 3.05) is 11.9 Å². The van der Waals surface area contributed by atoms with Crippen molar-refractivity contribution in [3.63, 3.8) is 0 Å². The number of carbonyl (C=O) groups is 1. The molecule has 0 aliphatic carbocycles. The lowest BCUT2D eigenvalue weighted by Crippen LogP contribution is -2.30. The van der Waals surface area contributed by atoms with Gasteiger partial charge in [-0.05, 0) is 56.2 Å². The minimum atomic E-state index is -3.75. The van der Waals surface area contributed by atoms with Crippen molar-refractivity contribution in [2.24, 2.45) is 4.99 Å². The summed E-state index contributed by atoms with van der Waals surface area (Å²) in [5.41, 5.74) is 1.42. The van der Waals surface area contributed by atoms with Gasteiger partial charge < -0.3 is 5.32 Å². The van der Waals surface area contributed by atoms with E-state index in [4.69, 9.17) is 0 Å². The quantitative estimate of drug-likeness (QED) is 0.593. The van der Waals surface area contributed by atoms with Crippen LogP contribution < -0.4 is 10.0 Å². The number of anilines is 1. The van der Waals surface area contributed by atoms with Crippen molar-refractivity contribution in [1.29, 1.82) is 0 Å². The van der Waals surface area contributed by atoms with Gasteiger partial charge >= 0.3 is 0 Å². The molecule has 2 aromatic carbocycles. The number of benzene rings is 2. The minimum Gasteiger partial charge on any atom is -0.322 e. The molecule has 0 saturated heterocycles. The number of sulfonamides is 1. The van der Waals surface area contributed by atoms with Gasteiger partial charge in [0.1, 0.15) is 17.3 Å². The van der Waals surface area contributed by atoms with Crippen LogP contribution in [0.15, 0.2) is 64.6 Å². The second kappa shape index (κ2) is 9.53. The number of aromatic nitrogens is 2. The third-order valence-corrected chi connectivity index (χ3v) is 6.78. The van der Waals surface area contributed by atoms with Gasteiger partial charge in [-0.3, -0.25) is 14.5 Å². The van der Waals surface area contributed by atoms with Crippen LogP contribution in [0.3, 0.4) is 0 Å². The lowest BCUT2D eigenvalue weighted by Gasteiger charge is -2.11. The first-order valence-corrected chi connectivity index (χ1v) is 12.1. The Bertz CT molecular complexity index is 1300. The third-order valence-electron chi connectivity index (χ3n) is 5.38. The highest BCUT2D eigenvalue weighted by Crippen LogP contribution is 2.20. The fraction of sp³-hybridized carbons (Fsp3) is 0.261.